The maximum Gasteiger partial charge on any atom is 0.203 e. The Morgan fingerprint density at radius 2 is 1.55 bits per heavy atom. The van der Waals surface area contributed by atoms with Crippen LogP contribution in [0, 0.1) is 0 Å². The number of carbonyl (C=O) groups is 1. The zero-order chi connectivity index (χ0) is 14.5. The molecule has 0 atom stereocenters. The van der Waals surface area contributed by atoms with Crippen LogP contribution in [0.2, 0.25) is 0 Å². The fourth-order valence-corrected chi connectivity index (χ4v) is 2.45. The maximum atomic E-state index is 11.3. The van der Waals surface area contributed by atoms with Gasteiger partial charge in [-0.1, -0.05) is 0 Å². The standard InChI is InChI=1S/C15H21NO4/c1-18-13-8-11(9-14(19-2)15(13)20-3)10-16-6-4-12(17)5-7-16/h8-9H,4-7,10H2,1-3H3. The third-order valence-corrected chi connectivity index (χ3v) is 3.54. The van der Waals surface area contributed by atoms with Crippen LogP contribution in [0.4, 0.5) is 0 Å². The van der Waals surface area contributed by atoms with Gasteiger partial charge in [-0.15, -0.1) is 0 Å². The highest BCUT2D eigenvalue weighted by Crippen LogP contribution is 2.38. The topological polar surface area (TPSA) is 48.0 Å². The Bertz CT molecular complexity index is 452. The van der Waals surface area contributed by atoms with Crippen LogP contribution in [0.1, 0.15) is 18.4 Å². The lowest BCUT2D eigenvalue weighted by atomic mass is 10.1. The highest BCUT2D eigenvalue weighted by atomic mass is 16.5. The summed E-state index contributed by atoms with van der Waals surface area (Å²) < 4.78 is 16.0. The summed E-state index contributed by atoms with van der Waals surface area (Å²) in [5.41, 5.74) is 1.09. The average Bonchev–Trinajstić information content (AvgIpc) is 2.48. The summed E-state index contributed by atoms with van der Waals surface area (Å²) in [6.45, 7) is 2.41. The Balaban J connectivity index is 2.17. The van der Waals surface area contributed by atoms with Crippen molar-refractivity contribution >= 4 is 5.78 Å². The normalized spacial score (nSPS) is 16.1. The number of nitrogens with zero attached hydrogens (tertiary/aromatic N) is 1. The van der Waals surface area contributed by atoms with E-state index in [1.165, 1.54) is 0 Å². The number of benzene rings is 1. The van der Waals surface area contributed by atoms with E-state index in [9.17, 15) is 4.79 Å². The van der Waals surface area contributed by atoms with Gasteiger partial charge in [-0.3, -0.25) is 9.69 Å². The highest BCUT2D eigenvalue weighted by molar-refractivity contribution is 5.79. The fraction of sp³-hybridized carbons (Fsp3) is 0.533. The van der Waals surface area contributed by atoms with Crippen LogP contribution < -0.4 is 14.2 Å². The van der Waals surface area contributed by atoms with E-state index in [4.69, 9.17) is 14.2 Å². The van der Waals surface area contributed by atoms with Crippen LogP contribution in [0.15, 0.2) is 12.1 Å². The second-order valence-corrected chi connectivity index (χ2v) is 4.85. The van der Waals surface area contributed by atoms with E-state index in [0.717, 1.165) is 25.2 Å². The first-order valence-electron chi connectivity index (χ1n) is 6.71. The molecule has 0 unspecified atom stereocenters. The van der Waals surface area contributed by atoms with Gasteiger partial charge in [0.25, 0.3) is 0 Å². The van der Waals surface area contributed by atoms with E-state index in [1.54, 1.807) is 21.3 Å². The number of hydrogen-bond donors (Lipinski definition) is 0. The minimum atomic E-state index is 0.353. The van der Waals surface area contributed by atoms with Crippen LogP contribution >= 0.6 is 0 Å². The second-order valence-electron chi connectivity index (χ2n) is 4.85. The van der Waals surface area contributed by atoms with E-state index >= 15 is 0 Å². The number of piperidine rings is 1. The Labute approximate surface area is 119 Å². The molecule has 1 aliphatic heterocycles. The van der Waals surface area contributed by atoms with Crippen molar-refractivity contribution in [2.75, 3.05) is 34.4 Å². The fourth-order valence-electron chi connectivity index (χ4n) is 2.45. The van der Waals surface area contributed by atoms with Crippen LogP contribution in [-0.4, -0.2) is 45.1 Å². The summed E-state index contributed by atoms with van der Waals surface area (Å²) in [6, 6.07) is 3.91. The molecule has 1 aromatic rings. The molecule has 0 bridgehead atoms. The predicted molar refractivity (Wildman–Crippen MR) is 75.6 cm³/mol. The van der Waals surface area contributed by atoms with Crippen LogP contribution in [0.5, 0.6) is 17.2 Å². The van der Waals surface area contributed by atoms with Gasteiger partial charge in [0.1, 0.15) is 5.78 Å². The molecule has 5 nitrogen and oxygen atoms in total. The lowest BCUT2D eigenvalue weighted by molar-refractivity contribution is -0.121. The van der Waals surface area contributed by atoms with Gasteiger partial charge in [0, 0.05) is 32.5 Å². The van der Waals surface area contributed by atoms with Crippen molar-refractivity contribution in [1.82, 2.24) is 4.90 Å². The number of ether oxygens (including phenoxy) is 3. The quantitative estimate of drug-likeness (QED) is 0.823. The lowest BCUT2D eigenvalue weighted by Gasteiger charge is -2.26. The summed E-state index contributed by atoms with van der Waals surface area (Å²) in [5.74, 6) is 2.28. The lowest BCUT2D eigenvalue weighted by Crippen LogP contribution is -2.33. The molecule has 5 heteroatoms. The van der Waals surface area contributed by atoms with E-state index in [0.29, 0.717) is 35.9 Å². The molecule has 0 radical (unpaired) electrons. The first-order valence-corrected chi connectivity index (χ1v) is 6.71. The van der Waals surface area contributed by atoms with Gasteiger partial charge in [0.15, 0.2) is 11.5 Å². The van der Waals surface area contributed by atoms with E-state index < -0.39 is 0 Å². The zero-order valence-corrected chi connectivity index (χ0v) is 12.3. The molecule has 0 aliphatic carbocycles. The van der Waals surface area contributed by atoms with Crippen molar-refractivity contribution in [3.05, 3.63) is 17.7 Å². The Hall–Kier alpha value is -1.75. The zero-order valence-electron chi connectivity index (χ0n) is 12.3. The van der Waals surface area contributed by atoms with Crippen molar-refractivity contribution in [3.63, 3.8) is 0 Å². The van der Waals surface area contributed by atoms with Crippen molar-refractivity contribution in [1.29, 1.82) is 0 Å². The summed E-state index contributed by atoms with van der Waals surface area (Å²) in [7, 11) is 4.82. The molecule has 0 amide bonds. The average molecular weight is 279 g/mol. The molecule has 0 saturated carbocycles. The number of ketones is 1. The smallest absolute Gasteiger partial charge is 0.203 e. The van der Waals surface area contributed by atoms with Crippen molar-refractivity contribution in [3.8, 4) is 17.2 Å². The van der Waals surface area contributed by atoms with Gasteiger partial charge in [-0.2, -0.15) is 0 Å². The molecule has 1 aromatic carbocycles. The Morgan fingerprint density at radius 3 is 2.00 bits per heavy atom. The van der Waals surface area contributed by atoms with Gasteiger partial charge < -0.3 is 14.2 Å². The van der Waals surface area contributed by atoms with Crippen molar-refractivity contribution in [2.45, 2.75) is 19.4 Å². The molecule has 110 valence electrons. The molecule has 1 fully saturated rings. The van der Waals surface area contributed by atoms with Crippen LogP contribution in [0.25, 0.3) is 0 Å². The molecule has 1 saturated heterocycles. The van der Waals surface area contributed by atoms with Crippen molar-refractivity contribution < 1.29 is 19.0 Å². The van der Waals surface area contributed by atoms with Gasteiger partial charge >= 0.3 is 0 Å². The number of methoxy groups -OCH3 is 3. The van der Waals surface area contributed by atoms with Gasteiger partial charge in [0.2, 0.25) is 5.75 Å². The second kappa shape index (κ2) is 6.61. The molecule has 2 rings (SSSR count). The minimum Gasteiger partial charge on any atom is -0.493 e. The number of hydrogen-bond acceptors (Lipinski definition) is 5. The van der Waals surface area contributed by atoms with Gasteiger partial charge in [-0.25, -0.2) is 0 Å². The Kier molecular flexibility index (Phi) is 4.84. The number of likely N-dealkylation sites (tertiary alicyclic amines) is 1. The predicted octanol–water partition coefficient (Wildman–Crippen LogP) is 1.88. The molecule has 0 spiro atoms. The highest BCUT2D eigenvalue weighted by Gasteiger charge is 2.18. The van der Waals surface area contributed by atoms with Crippen LogP contribution in [0.3, 0.4) is 0 Å². The molecular weight excluding hydrogens is 258 g/mol. The summed E-state index contributed by atoms with van der Waals surface area (Å²) >= 11 is 0. The number of rotatable bonds is 5. The SMILES string of the molecule is COc1cc(CN2CCC(=O)CC2)cc(OC)c1OC. The molecule has 1 aliphatic rings. The number of carbonyl (C=O) groups excluding carboxylic acids is 1. The largest absolute Gasteiger partial charge is 0.493 e. The Morgan fingerprint density at radius 1 is 1.00 bits per heavy atom. The van der Waals surface area contributed by atoms with Gasteiger partial charge in [0.05, 0.1) is 21.3 Å². The van der Waals surface area contributed by atoms with E-state index in [1.807, 2.05) is 12.1 Å². The maximum absolute atomic E-state index is 11.3. The monoisotopic (exact) mass is 279 g/mol. The summed E-state index contributed by atoms with van der Waals surface area (Å²) in [4.78, 5) is 13.5. The van der Waals surface area contributed by atoms with Gasteiger partial charge in [-0.05, 0) is 17.7 Å². The molecule has 0 N–H and O–H groups in total. The number of Topliss-reactive ketones (excluding diaryl/α,β-unsaturated/α-hetero) is 1. The summed E-state index contributed by atoms with van der Waals surface area (Å²) in [5, 5.41) is 0. The minimum absolute atomic E-state index is 0.353. The third-order valence-electron chi connectivity index (χ3n) is 3.54. The van der Waals surface area contributed by atoms with Crippen molar-refractivity contribution in [2.24, 2.45) is 0 Å². The first-order chi connectivity index (χ1) is 9.67. The first kappa shape index (κ1) is 14.7. The third kappa shape index (κ3) is 3.22. The molecule has 20 heavy (non-hydrogen) atoms. The van der Waals surface area contributed by atoms with E-state index in [-0.39, 0.29) is 0 Å². The van der Waals surface area contributed by atoms with Crippen LogP contribution in [-0.2, 0) is 11.3 Å². The molecule has 0 aromatic heterocycles. The summed E-state index contributed by atoms with van der Waals surface area (Å²) in [6.07, 6.45) is 1.29. The molecular formula is C15H21NO4. The molecule has 1 heterocycles. The van der Waals surface area contributed by atoms with E-state index in [2.05, 4.69) is 4.90 Å².